The van der Waals surface area contributed by atoms with Gasteiger partial charge in [0, 0.05) is 23.0 Å². The zero-order chi connectivity index (χ0) is 70.0. The van der Waals surface area contributed by atoms with Crippen molar-refractivity contribution in [3.05, 3.63) is 83.9 Å². The summed E-state index contributed by atoms with van der Waals surface area (Å²) < 4.78 is 85.4. The van der Waals surface area contributed by atoms with E-state index in [-0.39, 0.29) is 23.0 Å². The Morgan fingerprint density at radius 3 is 0.758 bits per heavy atom. The van der Waals surface area contributed by atoms with Crippen LogP contribution in [0.1, 0.15) is 11.1 Å². The molecule has 0 spiro atoms. The Bertz CT molecular complexity index is 3320. The summed E-state index contributed by atoms with van der Waals surface area (Å²) in [4.78, 5) is 0. The van der Waals surface area contributed by atoms with Gasteiger partial charge in [-0.25, -0.2) is 0 Å². The number of aliphatic hydroxyl groups is 19. The molecule has 550 valence electrons. The Morgan fingerprint density at radius 2 is 0.495 bits per heavy atom. The number of benzene rings is 4. The molecule has 14 bridgehead atoms. The van der Waals surface area contributed by atoms with Crippen molar-refractivity contribution in [1.29, 1.82) is 0 Å². The minimum atomic E-state index is -2.20. The van der Waals surface area contributed by atoms with E-state index in [9.17, 15) is 97.0 Å². The van der Waals surface area contributed by atoms with Gasteiger partial charge in [0.2, 0.25) is 0 Å². The number of aliphatic hydroxyl groups excluding tert-OH is 19. The molecule has 0 amide bonds. The summed E-state index contributed by atoms with van der Waals surface area (Å²) in [7, 11) is 0. The molecule has 33 nitrogen and oxygen atoms in total. The second-order valence-electron chi connectivity index (χ2n) is 26.0. The minimum absolute atomic E-state index is 0.163. The highest BCUT2D eigenvalue weighted by molar-refractivity contribution is 7.98. The smallest absolute Gasteiger partial charge is 0.187 e. The van der Waals surface area contributed by atoms with Crippen molar-refractivity contribution in [2.75, 3.05) is 44.5 Å². The molecule has 0 aliphatic carbocycles. The number of ether oxygens (including phenoxy) is 14. The fraction of sp³-hybridized carbons (Fsp3) is 0.688. The molecule has 99 heavy (non-hydrogen) atoms. The molecule has 4 aromatic rings. The summed E-state index contributed by atoms with van der Waals surface area (Å²) >= 11 is 2.48. The minimum Gasteiger partial charge on any atom is -0.394 e. The maximum absolute atomic E-state index is 12.3. The fourth-order valence-electron chi connectivity index (χ4n) is 14.4. The van der Waals surface area contributed by atoms with Gasteiger partial charge in [0.1, 0.15) is 159 Å². The molecule has 4 aromatic carbocycles. The fourth-order valence-corrected chi connectivity index (χ4v) is 16.6. The van der Waals surface area contributed by atoms with E-state index in [2.05, 4.69) is 0 Å². The average molecular weight is 1450 g/mol. The van der Waals surface area contributed by atoms with Crippen molar-refractivity contribution in [2.24, 2.45) is 0 Å². The molecule has 0 radical (unpaired) electrons. The van der Waals surface area contributed by atoms with Crippen molar-refractivity contribution < 1.29 is 163 Å². The van der Waals surface area contributed by atoms with E-state index in [4.69, 9.17) is 66.3 Å². The standard InChI is InChI=1S/C64H84O33S2/c65-13-28-51-37(70)44(77)58(84-28)92-52-29(14-66)87-61(47(80)40(52)73)96-56-33-20-98-18-24-11-9-22-5-1-3-7-26(22)35(24)36-25(12-10-23-6-2-4-8-27(23)36)19-99-21-34-57(42(75)49(82)63(89-34)94-54-31(16-68)85-59(91-51)45(78)38(54)71)97-62-48(81)41(74)53(30(15-67)88-62)93-60-46(79)39(72)55(32(17-69)86-60)95-64(90-33)50(83)43(56)76/h1-12,28-34,37-83H,13-21H2/t28-,29-,30-,31-,32-,33-,34-,37?,38?,39?,40?,41?,42?,43?,44?,45?,46?,47?,48?,49?,50?,51-,52-,53-,54-,55-,56-,57-,58-,59-,60-,61-,62+,63-,64-/m1/s1. The summed E-state index contributed by atoms with van der Waals surface area (Å²) in [5, 5.41) is 224. The van der Waals surface area contributed by atoms with Crippen LogP contribution < -0.4 is 0 Å². The van der Waals surface area contributed by atoms with Crippen molar-refractivity contribution in [3.63, 3.8) is 0 Å². The van der Waals surface area contributed by atoms with Gasteiger partial charge in [0.05, 0.1) is 45.2 Å². The Hall–Kier alpha value is -3.22. The van der Waals surface area contributed by atoms with Crippen molar-refractivity contribution in [2.45, 2.75) is 226 Å². The molecule has 0 saturated carbocycles. The van der Waals surface area contributed by atoms with Crippen molar-refractivity contribution >= 4 is 45.1 Å². The highest BCUT2D eigenvalue weighted by Crippen LogP contribution is 2.45. The summed E-state index contributed by atoms with van der Waals surface area (Å²) in [5.74, 6) is -0.0208. The molecule has 7 fully saturated rings. The summed E-state index contributed by atoms with van der Waals surface area (Å²) in [6.45, 7) is -5.08. The van der Waals surface area contributed by atoms with Crippen LogP contribution in [0.3, 0.4) is 0 Å². The van der Waals surface area contributed by atoms with Gasteiger partial charge >= 0.3 is 0 Å². The lowest BCUT2D eigenvalue weighted by atomic mass is 9.88. The van der Waals surface area contributed by atoms with Crippen LogP contribution in [0.2, 0.25) is 0 Å². The van der Waals surface area contributed by atoms with Crippen LogP contribution in [0.25, 0.3) is 32.7 Å². The predicted molar refractivity (Wildman–Crippen MR) is 333 cm³/mol. The molecule has 18 rings (SSSR count). The monoisotopic (exact) mass is 1440 g/mol. The van der Waals surface area contributed by atoms with Crippen LogP contribution in [0, 0.1) is 0 Å². The van der Waals surface area contributed by atoms with Crippen LogP contribution in [0.15, 0.2) is 72.8 Å². The number of thioether (sulfide) groups is 2. The number of fused-ring (bicyclic) bond motifs is 7. The molecule has 35 heteroatoms. The van der Waals surface area contributed by atoms with Gasteiger partial charge in [-0.3, -0.25) is 0 Å². The van der Waals surface area contributed by atoms with Crippen LogP contribution in [-0.4, -0.2) is 357 Å². The molecule has 19 N–H and O–H groups in total. The van der Waals surface area contributed by atoms with Gasteiger partial charge in [-0.1, -0.05) is 72.8 Å². The molecular weight excluding hydrogens is 1360 g/mol. The van der Waals surface area contributed by atoms with Crippen LogP contribution in [0.5, 0.6) is 0 Å². The first-order valence-electron chi connectivity index (χ1n) is 32.6. The van der Waals surface area contributed by atoms with E-state index in [0.717, 1.165) is 43.8 Å². The molecule has 14 aliphatic rings. The van der Waals surface area contributed by atoms with E-state index in [1.807, 2.05) is 72.8 Å². The molecular formula is C64H84O33S2. The first-order chi connectivity index (χ1) is 47.7. The predicted octanol–water partition coefficient (Wildman–Crippen LogP) is -7.06. The van der Waals surface area contributed by atoms with E-state index in [1.54, 1.807) is 0 Å². The first kappa shape index (κ1) is 74.1. The molecule has 14 aliphatic heterocycles. The van der Waals surface area contributed by atoms with Gasteiger partial charge in [0.25, 0.3) is 0 Å². The first-order valence-corrected chi connectivity index (χ1v) is 34.9. The average Bonchev–Trinajstić information content (AvgIpc) is 0.754. The summed E-state index contributed by atoms with van der Waals surface area (Å²) in [6.07, 6.45) is -68.6. The number of hydrogen-bond acceptors (Lipinski definition) is 35. The van der Waals surface area contributed by atoms with E-state index < -0.39 is 248 Å². The van der Waals surface area contributed by atoms with E-state index in [1.165, 1.54) is 23.5 Å². The van der Waals surface area contributed by atoms with E-state index >= 15 is 0 Å². The van der Waals surface area contributed by atoms with Crippen LogP contribution in [0.4, 0.5) is 0 Å². The lowest BCUT2D eigenvalue weighted by Crippen LogP contribution is -2.68. The second-order valence-corrected chi connectivity index (χ2v) is 28.0. The number of hydrogen-bond donors (Lipinski definition) is 19. The summed E-state index contributed by atoms with van der Waals surface area (Å²) in [6, 6.07) is 23.0. The molecule has 14 heterocycles. The van der Waals surface area contributed by atoms with Gasteiger partial charge in [-0.2, -0.15) is 23.5 Å². The highest BCUT2D eigenvalue weighted by atomic mass is 32.2. The van der Waals surface area contributed by atoms with Crippen LogP contribution in [-0.2, 0) is 77.8 Å². The lowest BCUT2D eigenvalue weighted by Gasteiger charge is -2.50. The maximum Gasteiger partial charge on any atom is 0.187 e. The molecule has 0 aromatic heterocycles. The zero-order valence-corrected chi connectivity index (χ0v) is 54.2. The Labute approximate surface area is 572 Å². The molecule has 14 unspecified atom stereocenters. The zero-order valence-electron chi connectivity index (χ0n) is 52.5. The maximum atomic E-state index is 12.3. The molecule has 35 atom stereocenters. The highest BCUT2D eigenvalue weighted by Gasteiger charge is 2.60. The van der Waals surface area contributed by atoms with Crippen molar-refractivity contribution in [3.8, 4) is 11.1 Å². The Balaban J connectivity index is 0.940. The SMILES string of the molecule is OC[C@H]1O[C@@H]2O[C@H]3C(O)C(O)[C@@H]4O[C@@H]3CSCc3ccc5ccccc5c3-c3c(ccc5ccccc35)CSC[C@H]3O[C@H](O[C@H]5C(O)C(O)[C@H](O[C@@H]5CO)O[C@H]5C(O)C(O)[C@H](O[C@@H]5CO)O[C@H]1C(O)C2O)C(O)C(O)[C@@H]3O[C@@H]1O[C@H](CO)[C@@H](O[C@H]2O[C@H](CO)[C@@H](O4)C(O)C2O)C(O)C1O. The Morgan fingerprint density at radius 1 is 0.263 bits per heavy atom. The number of rotatable bonds is 5. The normalized spacial score (nSPS) is 46.6. The molecule has 7 saturated heterocycles. The third kappa shape index (κ3) is 14.3. The topological polar surface area (TPSA) is 514 Å². The Kier molecular flexibility index (Phi) is 23.5. The quantitative estimate of drug-likeness (QED) is 0.0883. The van der Waals surface area contributed by atoms with E-state index in [0.29, 0.717) is 0 Å². The third-order valence-electron chi connectivity index (χ3n) is 19.8. The lowest BCUT2D eigenvalue weighted by molar-refractivity contribution is -0.395. The van der Waals surface area contributed by atoms with Crippen LogP contribution >= 0.6 is 23.5 Å². The van der Waals surface area contributed by atoms with Crippen molar-refractivity contribution in [1.82, 2.24) is 0 Å². The second kappa shape index (κ2) is 31.5. The summed E-state index contributed by atoms with van der Waals surface area (Å²) in [5.41, 5.74) is 3.06. The van der Waals surface area contributed by atoms with Gasteiger partial charge in [0.15, 0.2) is 44.0 Å². The van der Waals surface area contributed by atoms with Gasteiger partial charge in [-0.05, 0) is 43.8 Å². The largest absolute Gasteiger partial charge is 0.394 e. The van der Waals surface area contributed by atoms with Gasteiger partial charge in [-0.15, -0.1) is 0 Å². The van der Waals surface area contributed by atoms with Gasteiger partial charge < -0.3 is 163 Å². The third-order valence-corrected chi connectivity index (χ3v) is 21.9.